The molecule has 1 heterocycles. The standard InChI is InChI=1S/C28H35NOSi/c1-31(2,3)22-27(30)26-20-13-21-29(26)28(23-14-7-4-8-15-23,24-16-9-5-10-17-24)25-18-11-6-12-19-25/h4-12,14-19,26-27,30H,13,20-22H2,1-3H3. The summed E-state index contributed by atoms with van der Waals surface area (Å²) in [5.74, 6) is 0. The van der Waals surface area contributed by atoms with Gasteiger partial charge in [0.15, 0.2) is 0 Å². The molecule has 3 aromatic carbocycles. The third-order valence-electron chi connectivity index (χ3n) is 6.57. The van der Waals surface area contributed by atoms with Crippen molar-refractivity contribution in [3.05, 3.63) is 108 Å². The lowest BCUT2D eigenvalue weighted by molar-refractivity contribution is 0.0429. The molecule has 4 rings (SSSR count). The van der Waals surface area contributed by atoms with E-state index in [0.29, 0.717) is 0 Å². The molecule has 0 aliphatic carbocycles. The van der Waals surface area contributed by atoms with Crippen molar-refractivity contribution in [3.63, 3.8) is 0 Å². The molecule has 1 aliphatic rings. The molecular weight excluding hydrogens is 394 g/mol. The predicted octanol–water partition coefficient (Wildman–Crippen LogP) is 6.14. The van der Waals surface area contributed by atoms with Gasteiger partial charge in [-0.3, -0.25) is 4.90 Å². The smallest absolute Gasteiger partial charge is 0.0976 e. The Morgan fingerprint density at radius 2 is 1.23 bits per heavy atom. The van der Waals surface area contributed by atoms with Crippen molar-refractivity contribution in [2.45, 2.75) is 56.2 Å². The molecule has 2 atom stereocenters. The van der Waals surface area contributed by atoms with Gasteiger partial charge >= 0.3 is 0 Å². The Morgan fingerprint density at radius 3 is 1.61 bits per heavy atom. The van der Waals surface area contributed by atoms with Crippen LogP contribution in [0, 0.1) is 0 Å². The average Bonchev–Trinajstić information content (AvgIpc) is 3.26. The van der Waals surface area contributed by atoms with Gasteiger partial charge in [-0.25, -0.2) is 0 Å². The molecule has 2 unspecified atom stereocenters. The number of likely N-dealkylation sites (tertiary alicyclic amines) is 1. The molecule has 162 valence electrons. The summed E-state index contributed by atoms with van der Waals surface area (Å²) in [5, 5.41) is 11.5. The number of nitrogens with zero attached hydrogens (tertiary/aromatic N) is 1. The SMILES string of the molecule is C[Si](C)(C)CC(O)C1CCCN1C(c1ccccc1)(c1ccccc1)c1ccccc1. The van der Waals surface area contributed by atoms with E-state index >= 15 is 0 Å². The molecule has 0 radical (unpaired) electrons. The van der Waals surface area contributed by atoms with Crippen LogP contribution in [-0.2, 0) is 5.54 Å². The summed E-state index contributed by atoms with van der Waals surface area (Å²) in [5.41, 5.74) is 3.37. The van der Waals surface area contributed by atoms with Crippen molar-refractivity contribution < 1.29 is 5.11 Å². The lowest BCUT2D eigenvalue weighted by atomic mass is 9.75. The maximum absolute atomic E-state index is 11.5. The first-order valence-corrected chi connectivity index (χ1v) is 15.2. The summed E-state index contributed by atoms with van der Waals surface area (Å²) in [7, 11) is -1.39. The Morgan fingerprint density at radius 1 is 0.806 bits per heavy atom. The maximum atomic E-state index is 11.5. The lowest BCUT2D eigenvalue weighted by Gasteiger charge is -2.48. The first kappa shape index (κ1) is 22.0. The third-order valence-corrected chi connectivity index (χ3v) is 8.21. The summed E-state index contributed by atoms with van der Waals surface area (Å²) in [6.45, 7) is 8.04. The number of hydrogen-bond donors (Lipinski definition) is 1. The number of benzene rings is 3. The van der Waals surface area contributed by atoms with Crippen molar-refractivity contribution in [3.8, 4) is 0 Å². The first-order valence-electron chi connectivity index (χ1n) is 11.5. The van der Waals surface area contributed by atoms with Crippen molar-refractivity contribution in [1.29, 1.82) is 0 Å². The van der Waals surface area contributed by atoms with E-state index < -0.39 is 13.6 Å². The highest BCUT2D eigenvalue weighted by Gasteiger charge is 2.48. The highest BCUT2D eigenvalue weighted by molar-refractivity contribution is 6.76. The normalized spacial score (nSPS) is 18.8. The Hall–Kier alpha value is -2.20. The summed E-state index contributed by atoms with van der Waals surface area (Å²) >= 11 is 0. The minimum absolute atomic E-state index is 0.146. The van der Waals surface area contributed by atoms with Crippen LogP contribution in [0.2, 0.25) is 25.7 Å². The van der Waals surface area contributed by atoms with Crippen LogP contribution in [0.15, 0.2) is 91.0 Å². The second kappa shape index (κ2) is 9.11. The second-order valence-corrected chi connectivity index (χ2v) is 15.6. The molecule has 0 aromatic heterocycles. The highest BCUT2D eigenvalue weighted by Crippen LogP contribution is 2.46. The monoisotopic (exact) mass is 429 g/mol. The minimum atomic E-state index is -1.39. The Balaban J connectivity index is 1.94. The number of aliphatic hydroxyl groups excluding tert-OH is 1. The largest absolute Gasteiger partial charge is 0.392 e. The van der Waals surface area contributed by atoms with Crippen LogP contribution in [0.1, 0.15) is 29.5 Å². The van der Waals surface area contributed by atoms with Crippen LogP contribution < -0.4 is 0 Å². The van der Waals surface area contributed by atoms with E-state index in [2.05, 4.69) is 116 Å². The number of hydrogen-bond acceptors (Lipinski definition) is 2. The third kappa shape index (κ3) is 4.41. The first-order chi connectivity index (χ1) is 14.9. The molecule has 0 spiro atoms. The molecule has 1 N–H and O–H groups in total. The van der Waals surface area contributed by atoms with Gasteiger partial charge in [0.1, 0.15) is 0 Å². The van der Waals surface area contributed by atoms with E-state index in [1.54, 1.807) is 0 Å². The highest BCUT2D eigenvalue weighted by atomic mass is 28.3. The fourth-order valence-electron chi connectivity index (χ4n) is 5.41. The topological polar surface area (TPSA) is 23.5 Å². The van der Waals surface area contributed by atoms with Crippen molar-refractivity contribution in [2.24, 2.45) is 0 Å². The molecule has 3 heteroatoms. The van der Waals surface area contributed by atoms with Gasteiger partial charge in [0.05, 0.1) is 11.6 Å². The molecule has 0 amide bonds. The van der Waals surface area contributed by atoms with Gasteiger partial charge in [0.2, 0.25) is 0 Å². The predicted molar refractivity (Wildman–Crippen MR) is 133 cm³/mol. The van der Waals surface area contributed by atoms with Gasteiger partial charge in [-0.2, -0.15) is 0 Å². The van der Waals surface area contributed by atoms with Crippen molar-refractivity contribution >= 4 is 8.07 Å². The zero-order chi connectivity index (χ0) is 21.9. The molecule has 0 saturated carbocycles. The Bertz CT molecular complexity index is 856. The van der Waals surface area contributed by atoms with Gasteiger partial charge in [0, 0.05) is 20.7 Å². The van der Waals surface area contributed by atoms with Gasteiger partial charge in [-0.1, -0.05) is 111 Å². The van der Waals surface area contributed by atoms with Crippen LogP contribution >= 0.6 is 0 Å². The summed E-state index contributed by atoms with van der Waals surface area (Å²) in [4.78, 5) is 2.61. The number of rotatable bonds is 7. The van der Waals surface area contributed by atoms with Crippen molar-refractivity contribution in [1.82, 2.24) is 4.90 Å². The van der Waals surface area contributed by atoms with Gasteiger partial charge in [-0.15, -0.1) is 0 Å². The van der Waals surface area contributed by atoms with Crippen LogP contribution in [-0.4, -0.2) is 36.8 Å². The molecule has 1 aliphatic heterocycles. The summed E-state index contributed by atoms with van der Waals surface area (Å²) in [6, 6.07) is 33.7. The Labute approximate surface area is 188 Å². The van der Waals surface area contributed by atoms with Gasteiger partial charge < -0.3 is 5.11 Å². The molecule has 2 nitrogen and oxygen atoms in total. The molecule has 3 aromatic rings. The number of aliphatic hydroxyl groups is 1. The zero-order valence-corrected chi connectivity index (χ0v) is 20.0. The minimum Gasteiger partial charge on any atom is -0.392 e. The van der Waals surface area contributed by atoms with Crippen LogP contribution in [0.3, 0.4) is 0 Å². The van der Waals surface area contributed by atoms with E-state index in [1.165, 1.54) is 16.7 Å². The molecule has 31 heavy (non-hydrogen) atoms. The van der Waals surface area contributed by atoms with Gasteiger partial charge in [-0.05, 0) is 35.6 Å². The molecule has 0 bridgehead atoms. The van der Waals surface area contributed by atoms with E-state index in [9.17, 15) is 5.11 Å². The second-order valence-electron chi connectivity index (χ2n) is 10.0. The molecule has 1 fully saturated rings. The van der Waals surface area contributed by atoms with Crippen LogP contribution in [0.4, 0.5) is 0 Å². The molecular formula is C28H35NOSi. The van der Waals surface area contributed by atoms with E-state index in [1.807, 2.05) is 0 Å². The quantitative estimate of drug-likeness (QED) is 0.360. The molecule has 1 saturated heterocycles. The lowest BCUT2D eigenvalue weighted by Crippen LogP contribution is -2.54. The van der Waals surface area contributed by atoms with E-state index in [0.717, 1.165) is 25.4 Å². The summed E-state index contributed by atoms with van der Waals surface area (Å²) < 4.78 is 0. The van der Waals surface area contributed by atoms with Gasteiger partial charge in [0.25, 0.3) is 0 Å². The zero-order valence-electron chi connectivity index (χ0n) is 19.0. The maximum Gasteiger partial charge on any atom is 0.0976 e. The van der Waals surface area contributed by atoms with Crippen LogP contribution in [0.5, 0.6) is 0 Å². The van der Waals surface area contributed by atoms with E-state index in [4.69, 9.17) is 0 Å². The van der Waals surface area contributed by atoms with E-state index in [-0.39, 0.29) is 12.1 Å². The van der Waals surface area contributed by atoms with Crippen molar-refractivity contribution in [2.75, 3.05) is 6.54 Å². The van der Waals surface area contributed by atoms with Crippen LogP contribution in [0.25, 0.3) is 0 Å². The average molecular weight is 430 g/mol. The summed E-state index contributed by atoms with van der Waals surface area (Å²) in [6.07, 6.45) is 1.85. The Kier molecular flexibility index (Phi) is 6.47. The fourth-order valence-corrected chi connectivity index (χ4v) is 6.93. The fraction of sp³-hybridized carbons (Fsp3) is 0.357.